The van der Waals surface area contributed by atoms with E-state index in [-0.39, 0.29) is 11.3 Å². The summed E-state index contributed by atoms with van der Waals surface area (Å²) in [4.78, 5) is 23.8. The van der Waals surface area contributed by atoms with Gasteiger partial charge in [0.1, 0.15) is 5.75 Å². The summed E-state index contributed by atoms with van der Waals surface area (Å²) in [5.74, 6) is -0.181. The number of esters is 1. The second-order valence-corrected chi connectivity index (χ2v) is 5.60. The number of carbonyl (C=O) groups excluding carboxylic acids is 1. The van der Waals surface area contributed by atoms with Crippen molar-refractivity contribution < 1.29 is 9.53 Å². The van der Waals surface area contributed by atoms with Crippen LogP contribution in [0, 0.1) is 0 Å². The monoisotopic (exact) mass is 357 g/mol. The van der Waals surface area contributed by atoms with Crippen molar-refractivity contribution in [2.24, 2.45) is 0 Å². The number of nitrogens with zero attached hydrogens (tertiary/aromatic N) is 1. The van der Waals surface area contributed by atoms with E-state index in [4.69, 9.17) is 4.74 Å². The molecule has 0 unspecified atom stereocenters. The Bertz CT molecular complexity index is 931. The van der Waals surface area contributed by atoms with Crippen molar-refractivity contribution in [3.63, 3.8) is 0 Å². The first kappa shape index (κ1) is 14.5. The number of carbonyl (C=O) groups is 1. The molecule has 5 heteroatoms. The number of aromatic nitrogens is 1. The lowest BCUT2D eigenvalue weighted by molar-refractivity contribution is -0.131. The van der Waals surface area contributed by atoms with E-state index < -0.39 is 5.97 Å². The van der Waals surface area contributed by atoms with Crippen LogP contribution >= 0.6 is 15.9 Å². The van der Waals surface area contributed by atoms with E-state index in [1.807, 2.05) is 48.5 Å². The third kappa shape index (κ3) is 2.55. The van der Waals surface area contributed by atoms with Crippen LogP contribution in [0.1, 0.15) is 6.92 Å². The zero-order chi connectivity index (χ0) is 15.7. The standard InChI is InChI=1S/C17H12BrNO3/c1-11(20)22-16-10-17(21)19(14-8-4-2-6-12(14)16)15-9-5-3-7-13(15)18/h2-10H,1H3. The number of halogens is 1. The van der Waals surface area contributed by atoms with Gasteiger partial charge in [0.25, 0.3) is 5.56 Å². The average molecular weight is 358 g/mol. The largest absolute Gasteiger partial charge is 0.426 e. The zero-order valence-electron chi connectivity index (χ0n) is 11.7. The number of fused-ring (bicyclic) bond motifs is 1. The molecule has 0 aliphatic carbocycles. The molecule has 0 N–H and O–H groups in total. The minimum absolute atomic E-state index is 0.262. The highest BCUT2D eigenvalue weighted by Gasteiger charge is 2.13. The summed E-state index contributed by atoms with van der Waals surface area (Å²) < 4.78 is 7.56. The van der Waals surface area contributed by atoms with Crippen molar-refractivity contribution in [2.45, 2.75) is 6.92 Å². The van der Waals surface area contributed by atoms with Crippen LogP contribution in [0.2, 0.25) is 0 Å². The minimum atomic E-state index is -0.455. The summed E-state index contributed by atoms with van der Waals surface area (Å²) in [6.07, 6.45) is 0. The van der Waals surface area contributed by atoms with Crippen LogP contribution in [0.3, 0.4) is 0 Å². The first-order chi connectivity index (χ1) is 10.6. The first-order valence-electron chi connectivity index (χ1n) is 6.66. The lowest BCUT2D eigenvalue weighted by atomic mass is 10.2. The lowest BCUT2D eigenvalue weighted by Crippen LogP contribution is -2.19. The molecule has 0 amide bonds. The summed E-state index contributed by atoms with van der Waals surface area (Å²) in [5.41, 5.74) is 1.15. The van der Waals surface area contributed by atoms with Crippen molar-refractivity contribution in [1.82, 2.24) is 4.57 Å². The van der Waals surface area contributed by atoms with Crippen molar-refractivity contribution in [1.29, 1.82) is 0 Å². The fourth-order valence-corrected chi connectivity index (χ4v) is 2.83. The van der Waals surface area contributed by atoms with E-state index >= 15 is 0 Å². The second kappa shape index (κ2) is 5.77. The molecule has 0 atom stereocenters. The summed E-state index contributed by atoms with van der Waals surface area (Å²) in [7, 11) is 0. The topological polar surface area (TPSA) is 48.3 Å². The van der Waals surface area contributed by atoms with E-state index in [0.29, 0.717) is 10.9 Å². The van der Waals surface area contributed by atoms with E-state index in [0.717, 1.165) is 10.2 Å². The van der Waals surface area contributed by atoms with E-state index in [1.165, 1.54) is 13.0 Å². The molecule has 110 valence electrons. The highest BCUT2D eigenvalue weighted by atomic mass is 79.9. The quantitative estimate of drug-likeness (QED) is 0.657. The normalized spacial score (nSPS) is 10.6. The van der Waals surface area contributed by atoms with Crippen LogP contribution in [0.15, 0.2) is 63.9 Å². The summed E-state index contributed by atoms with van der Waals surface area (Å²) in [5, 5.41) is 0.702. The van der Waals surface area contributed by atoms with Gasteiger partial charge in [-0.05, 0) is 40.2 Å². The van der Waals surface area contributed by atoms with Crippen molar-refractivity contribution in [3.05, 3.63) is 69.4 Å². The third-order valence-corrected chi connectivity index (χ3v) is 3.90. The number of hydrogen-bond donors (Lipinski definition) is 0. The first-order valence-corrected chi connectivity index (χ1v) is 7.45. The van der Waals surface area contributed by atoms with Gasteiger partial charge in [-0.1, -0.05) is 24.3 Å². The molecular weight excluding hydrogens is 346 g/mol. The van der Waals surface area contributed by atoms with Gasteiger partial charge < -0.3 is 4.74 Å². The van der Waals surface area contributed by atoms with Gasteiger partial charge in [-0.3, -0.25) is 14.2 Å². The average Bonchev–Trinajstić information content (AvgIpc) is 2.48. The van der Waals surface area contributed by atoms with Gasteiger partial charge in [0.2, 0.25) is 0 Å². The van der Waals surface area contributed by atoms with Gasteiger partial charge in [-0.25, -0.2) is 0 Å². The molecule has 4 nitrogen and oxygen atoms in total. The van der Waals surface area contributed by atoms with Gasteiger partial charge in [0, 0.05) is 22.8 Å². The molecule has 0 saturated carbocycles. The Hall–Kier alpha value is -2.40. The van der Waals surface area contributed by atoms with Gasteiger partial charge in [0.05, 0.1) is 11.2 Å². The number of ether oxygens (including phenoxy) is 1. The number of para-hydroxylation sites is 2. The van der Waals surface area contributed by atoms with Gasteiger partial charge in [-0.15, -0.1) is 0 Å². The van der Waals surface area contributed by atoms with E-state index in [1.54, 1.807) is 4.57 Å². The molecule has 0 spiro atoms. The maximum atomic E-state index is 12.5. The smallest absolute Gasteiger partial charge is 0.308 e. The highest BCUT2D eigenvalue weighted by Crippen LogP contribution is 2.28. The molecule has 0 radical (unpaired) electrons. The number of rotatable bonds is 2. The zero-order valence-corrected chi connectivity index (χ0v) is 13.3. The molecule has 22 heavy (non-hydrogen) atoms. The van der Waals surface area contributed by atoms with Gasteiger partial charge >= 0.3 is 5.97 Å². The van der Waals surface area contributed by atoms with Crippen molar-refractivity contribution >= 4 is 32.8 Å². The van der Waals surface area contributed by atoms with Crippen LogP contribution in [0.4, 0.5) is 0 Å². The predicted octanol–water partition coefficient (Wildman–Crippen LogP) is 3.68. The Morgan fingerprint density at radius 2 is 1.77 bits per heavy atom. The molecule has 3 aromatic rings. The Morgan fingerprint density at radius 1 is 1.09 bits per heavy atom. The molecule has 0 saturated heterocycles. The maximum absolute atomic E-state index is 12.5. The fraction of sp³-hybridized carbons (Fsp3) is 0.0588. The number of pyridine rings is 1. The highest BCUT2D eigenvalue weighted by molar-refractivity contribution is 9.10. The van der Waals surface area contributed by atoms with Crippen LogP contribution in [0.5, 0.6) is 5.75 Å². The Labute approximate surface area is 135 Å². The Kier molecular flexibility index (Phi) is 3.81. The molecule has 1 heterocycles. The van der Waals surface area contributed by atoms with Gasteiger partial charge in [0.15, 0.2) is 0 Å². The molecular formula is C17H12BrNO3. The molecule has 1 aromatic heterocycles. The van der Waals surface area contributed by atoms with Crippen LogP contribution in [-0.4, -0.2) is 10.5 Å². The fourth-order valence-electron chi connectivity index (χ4n) is 2.37. The summed E-state index contributed by atoms with van der Waals surface area (Å²) in [6.45, 7) is 1.31. The van der Waals surface area contributed by atoms with E-state index in [2.05, 4.69) is 15.9 Å². The number of hydrogen-bond acceptors (Lipinski definition) is 3. The Balaban J connectivity index is 2.38. The molecule has 0 aliphatic heterocycles. The molecule has 2 aromatic carbocycles. The predicted molar refractivity (Wildman–Crippen MR) is 88.6 cm³/mol. The molecule has 0 fully saturated rings. The van der Waals surface area contributed by atoms with Gasteiger partial charge in [-0.2, -0.15) is 0 Å². The van der Waals surface area contributed by atoms with Crippen molar-refractivity contribution in [3.8, 4) is 11.4 Å². The maximum Gasteiger partial charge on any atom is 0.308 e. The third-order valence-electron chi connectivity index (χ3n) is 3.23. The van der Waals surface area contributed by atoms with E-state index in [9.17, 15) is 9.59 Å². The Morgan fingerprint density at radius 3 is 2.50 bits per heavy atom. The minimum Gasteiger partial charge on any atom is -0.426 e. The van der Waals surface area contributed by atoms with Crippen LogP contribution in [0.25, 0.3) is 16.6 Å². The lowest BCUT2D eigenvalue weighted by Gasteiger charge is -2.14. The van der Waals surface area contributed by atoms with Crippen LogP contribution < -0.4 is 10.3 Å². The molecule has 0 aliphatic rings. The number of benzene rings is 2. The second-order valence-electron chi connectivity index (χ2n) is 4.74. The molecule has 0 bridgehead atoms. The summed E-state index contributed by atoms with van der Waals surface area (Å²) >= 11 is 3.47. The van der Waals surface area contributed by atoms with Crippen molar-refractivity contribution in [2.75, 3.05) is 0 Å². The van der Waals surface area contributed by atoms with Crippen LogP contribution in [-0.2, 0) is 4.79 Å². The molecule has 3 rings (SSSR count). The SMILES string of the molecule is CC(=O)Oc1cc(=O)n(-c2ccccc2Br)c2ccccc12. The summed E-state index contributed by atoms with van der Waals surface area (Å²) in [6, 6.07) is 16.1.